The van der Waals surface area contributed by atoms with Crippen molar-refractivity contribution in [1.29, 1.82) is 0 Å². The van der Waals surface area contributed by atoms with Crippen molar-refractivity contribution in [2.45, 2.75) is 24.3 Å². The van der Waals surface area contributed by atoms with Gasteiger partial charge in [0.25, 0.3) is 10.0 Å². The number of aliphatic hydroxyl groups excluding tert-OH is 1. The highest BCUT2D eigenvalue weighted by molar-refractivity contribution is 7.90. The van der Waals surface area contributed by atoms with E-state index in [4.69, 9.17) is 0 Å². The number of aromatic nitrogens is 1. The first-order valence-corrected chi connectivity index (χ1v) is 9.40. The second kappa shape index (κ2) is 5.82. The van der Waals surface area contributed by atoms with Gasteiger partial charge in [-0.05, 0) is 42.2 Å². The second-order valence-electron chi connectivity index (χ2n) is 6.05. The molecule has 0 saturated carbocycles. The van der Waals surface area contributed by atoms with Gasteiger partial charge in [-0.1, -0.05) is 30.3 Å². The molecule has 0 spiro atoms. The van der Waals surface area contributed by atoms with Crippen LogP contribution in [0.3, 0.4) is 0 Å². The fraction of sp³-hybridized carbons (Fsp3) is 0.158. The summed E-state index contributed by atoms with van der Waals surface area (Å²) in [4.78, 5) is -0.113. The SMILES string of the molecule is O=S(=O)(c1cccc(F)c1)n1cc(CO)c2c1-c1ccccc1CC2. The molecule has 1 heterocycles. The number of benzene rings is 2. The molecule has 0 amide bonds. The molecule has 25 heavy (non-hydrogen) atoms. The van der Waals surface area contributed by atoms with Gasteiger partial charge in [-0.3, -0.25) is 0 Å². The lowest BCUT2D eigenvalue weighted by molar-refractivity contribution is 0.281. The minimum absolute atomic E-state index is 0.113. The molecular weight excluding hydrogens is 341 g/mol. The zero-order chi connectivity index (χ0) is 17.6. The van der Waals surface area contributed by atoms with Gasteiger partial charge in [0.15, 0.2) is 0 Å². The lowest BCUT2D eigenvalue weighted by Crippen LogP contribution is -2.16. The summed E-state index contributed by atoms with van der Waals surface area (Å²) in [5.74, 6) is -0.607. The summed E-state index contributed by atoms with van der Waals surface area (Å²) >= 11 is 0. The molecular formula is C19H16FNO3S. The summed E-state index contributed by atoms with van der Waals surface area (Å²) in [7, 11) is -3.97. The van der Waals surface area contributed by atoms with Gasteiger partial charge in [-0.25, -0.2) is 16.8 Å². The molecule has 3 aromatic rings. The Morgan fingerprint density at radius 1 is 1.08 bits per heavy atom. The van der Waals surface area contributed by atoms with E-state index in [1.807, 2.05) is 24.3 Å². The highest BCUT2D eigenvalue weighted by Crippen LogP contribution is 2.38. The van der Waals surface area contributed by atoms with Crippen LogP contribution in [0.4, 0.5) is 4.39 Å². The fourth-order valence-corrected chi connectivity index (χ4v) is 4.88. The Balaban J connectivity index is 2.00. The maximum atomic E-state index is 13.5. The van der Waals surface area contributed by atoms with Crippen LogP contribution in [0.5, 0.6) is 0 Å². The van der Waals surface area contributed by atoms with Gasteiger partial charge < -0.3 is 5.11 Å². The molecule has 0 fully saturated rings. The molecule has 0 aliphatic heterocycles. The molecule has 128 valence electrons. The second-order valence-corrected chi connectivity index (χ2v) is 7.87. The Hall–Kier alpha value is -2.44. The van der Waals surface area contributed by atoms with Crippen LogP contribution in [0.1, 0.15) is 16.7 Å². The molecule has 6 heteroatoms. The Morgan fingerprint density at radius 3 is 2.64 bits per heavy atom. The van der Waals surface area contributed by atoms with Crippen LogP contribution in [-0.4, -0.2) is 17.5 Å². The van der Waals surface area contributed by atoms with Crippen LogP contribution < -0.4 is 0 Å². The average Bonchev–Trinajstić information content (AvgIpc) is 3.02. The Kier molecular flexibility index (Phi) is 3.74. The van der Waals surface area contributed by atoms with E-state index in [9.17, 15) is 17.9 Å². The molecule has 4 nitrogen and oxygen atoms in total. The van der Waals surface area contributed by atoms with Gasteiger partial charge in [0.1, 0.15) is 5.82 Å². The van der Waals surface area contributed by atoms with Crippen molar-refractivity contribution in [1.82, 2.24) is 3.97 Å². The molecule has 1 aliphatic rings. The van der Waals surface area contributed by atoms with Gasteiger partial charge in [-0.2, -0.15) is 0 Å². The Morgan fingerprint density at radius 2 is 1.88 bits per heavy atom. The summed E-state index contributed by atoms with van der Waals surface area (Å²) in [6, 6.07) is 12.6. The predicted octanol–water partition coefficient (Wildman–Crippen LogP) is 3.12. The average molecular weight is 357 g/mol. The quantitative estimate of drug-likeness (QED) is 0.783. The molecule has 0 bridgehead atoms. The van der Waals surface area contributed by atoms with Gasteiger partial charge >= 0.3 is 0 Å². The monoisotopic (exact) mass is 357 g/mol. The summed E-state index contributed by atoms with van der Waals surface area (Å²) in [5.41, 5.74) is 3.89. The first-order valence-electron chi connectivity index (χ1n) is 7.96. The summed E-state index contributed by atoms with van der Waals surface area (Å²) in [6.45, 7) is -0.240. The molecule has 2 aromatic carbocycles. The number of aryl methyl sites for hydroxylation is 1. The first-order chi connectivity index (χ1) is 12.0. The van der Waals surface area contributed by atoms with Crippen molar-refractivity contribution in [3.8, 4) is 11.3 Å². The summed E-state index contributed by atoms with van der Waals surface area (Å²) in [5, 5.41) is 9.67. The van der Waals surface area contributed by atoms with Crippen LogP contribution in [0, 0.1) is 5.82 Å². The zero-order valence-electron chi connectivity index (χ0n) is 13.3. The third-order valence-electron chi connectivity index (χ3n) is 4.61. The van der Waals surface area contributed by atoms with Crippen molar-refractivity contribution < 1.29 is 17.9 Å². The molecule has 1 aromatic heterocycles. The molecule has 0 atom stereocenters. The number of hydrogen-bond donors (Lipinski definition) is 1. The minimum Gasteiger partial charge on any atom is -0.392 e. The number of fused-ring (bicyclic) bond motifs is 3. The maximum absolute atomic E-state index is 13.5. The van der Waals surface area contributed by atoms with Crippen LogP contribution in [0.25, 0.3) is 11.3 Å². The topological polar surface area (TPSA) is 59.3 Å². The maximum Gasteiger partial charge on any atom is 0.268 e. The standard InChI is InChI=1S/C19H16FNO3S/c20-15-5-3-6-16(10-15)25(23,24)21-11-14(12-22)18-9-8-13-4-1-2-7-17(13)19(18)21/h1-7,10-11,22H,8-9,12H2. The molecule has 0 radical (unpaired) electrons. The van der Waals surface area contributed by atoms with E-state index in [1.165, 1.54) is 28.4 Å². The lowest BCUT2D eigenvalue weighted by Gasteiger charge is -2.20. The van der Waals surface area contributed by atoms with Gasteiger partial charge in [0.05, 0.1) is 17.2 Å². The van der Waals surface area contributed by atoms with Crippen LogP contribution >= 0.6 is 0 Å². The lowest BCUT2D eigenvalue weighted by atomic mass is 9.89. The molecule has 4 rings (SSSR count). The van der Waals surface area contributed by atoms with Crippen molar-refractivity contribution in [2.75, 3.05) is 0 Å². The molecule has 1 aliphatic carbocycles. The van der Waals surface area contributed by atoms with Gasteiger partial charge in [-0.15, -0.1) is 0 Å². The van der Waals surface area contributed by atoms with E-state index in [0.717, 1.165) is 29.2 Å². The Bertz CT molecular complexity index is 1070. The van der Waals surface area contributed by atoms with Gasteiger partial charge in [0, 0.05) is 17.3 Å². The van der Waals surface area contributed by atoms with E-state index >= 15 is 0 Å². The highest BCUT2D eigenvalue weighted by Gasteiger charge is 2.29. The van der Waals surface area contributed by atoms with Crippen molar-refractivity contribution in [3.63, 3.8) is 0 Å². The zero-order valence-corrected chi connectivity index (χ0v) is 14.1. The summed E-state index contributed by atoms with van der Waals surface area (Å²) < 4.78 is 41.0. The third-order valence-corrected chi connectivity index (χ3v) is 6.26. The molecule has 0 unspecified atom stereocenters. The van der Waals surface area contributed by atoms with Crippen LogP contribution in [-0.2, 0) is 29.5 Å². The fourth-order valence-electron chi connectivity index (χ4n) is 3.43. The normalized spacial score (nSPS) is 13.4. The van der Waals surface area contributed by atoms with Crippen molar-refractivity contribution in [2.24, 2.45) is 0 Å². The number of hydrogen-bond acceptors (Lipinski definition) is 3. The Labute approximate surface area is 145 Å². The van der Waals surface area contributed by atoms with E-state index in [1.54, 1.807) is 0 Å². The van der Waals surface area contributed by atoms with Crippen LogP contribution in [0.15, 0.2) is 59.6 Å². The smallest absolute Gasteiger partial charge is 0.268 e. The number of rotatable bonds is 3. The van der Waals surface area contributed by atoms with E-state index in [-0.39, 0.29) is 11.5 Å². The van der Waals surface area contributed by atoms with Crippen LogP contribution in [0.2, 0.25) is 0 Å². The van der Waals surface area contributed by atoms with E-state index in [0.29, 0.717) is 17.7 Å². The minimum atomic E-state index is -3.97. The van der Waals surface area contributed by atoms with E-state index < -0.39 is 15.8 Å². The molecule has 0 saturated heterocycles. The molecule has 1 N–H and O–H groups in total. The number of aliphatic hydroxyl groups is 1. The largest absolute Gasteiger partial charge is 0.392 e. The summed E-state index contributed by atoms with van der Waals surface area (Å²) in [6.07, 6.45) is 2.90. The van der Waals surface area contributed by atoms with E-state index in [2.05, 4.69) is 0 Å². The van der Waals surface area contributed by atoms with Gasteiger partial charge in [0.2, 0.25) is 0 Å². The number of halogens is 1. The predicted molar refractivity (Wildman–Crippen MR) is 92.2 cm³/mol. The van der Waals surface area contributed by atoms with Crippen molar-refractivity contribution in [3.05, 3.63) is 77.2 Å². The highest BCUT2D eigenvalue weighted by atomic mass is 32.2. The third kappa shape index (κ3) is 2.49. The first kappa shape index (κ1) is 16.1. The van der Waals surface area contributed by atoms with Crippen molar-refractivity contribution >= 4 is 10.0 Å². The number of nitrogens with zero attached hydrogens (tertiary/aromatic N) is 1.